The zero-order valence-corrected chi connectivity index (χ0v) is 12.3. The summed E-state index contributed by atoms with van der Waals surface area (Å²) in [6, 6.07) is 15.1. The van der Waals surface area contributed by atoms with E-state index in [1.54, 1.807) is 12.1 Å². The Morgan fingerprint density at radius 2 is 1.86 bits per heavy atom. The highest BCUT2D eigenvalue weighted by Gasteiger charge is 2.03. The van der Waals surface area contributed by atoms with E-state index < -0.39 is 0 Å². The minimum absolute atomic E-state index is 0.0675. The fourth-order valence-electron chi connectivity index (χ4n) is 1.81. The van der Waals surface area contributed by atoms with Crippen LogP contribution < -0.4 is 10.1 Å². The monoisotopic (exact) mass is 285 g/mol. The third-order valence-electron chi connectivity index (χ3n) is 2.80. The first-order valence-electron chi connectivity index (χ1n) is 6.89. The smallest absolute Gasteiger partial charge is 0.250 e. The molecule has 2 aromatic carbocycles. The molecule has 21 heavy (non-hydrogen) atoms. The minimum Gasteiger partial charge on any atom is -0.457 e. The van der Waals surface area contributed by atoms with E-state index in [-0.39, 0.29) is 12.5 Å². The number of amides is 1. The highest BCUT2D eigenvalue weighted by molar-refractivity contribution is 5.91. The quantitative estimate of drug-likeness (QED) is 0.879. The lowest BCUT2D eigenvalue weighted by Gasteiger charge is -2.08. The lowest BCUT2D eigenvalue weighted by Crippen LogP contribution is -2.18. The van der Waals surface area contributed by atoms with Crippen molar-refractivity contribution >= 4 is 11.6 Å². The number of anilines is 1. The number of hydrogen-bond donors (Lipinski definition) is 1. The van der Waals surface area contributed by atoms with Gasteiger partial charge in [0.1, 0.15) is 18.1 Å². The van der Waals surface area contributed by atoms with Gasteiger partial charge in [0.15, 0.2) is 0 Å². The number of carbonyl (C=O) groups is 1. The fourth-order valence-corrected chi connectivity index (χ4v) is 1.81. The first-order chi connectivity index (χ1) is 10.2. The summed E-state index contributed by atoms with van der Waals surface area (Å²) in [7, 11) is 0. The van der Waals surface area contributed by atoms with Crippen molar-refractivity contribution in [3.8, 4) is 11.5 Å². The van der Waals surface area contributed by atoms with E-state index in [1.165, 1.54) is 0 Å². The predicted octanol–water partition coefficient (Wildman–Crippen LogP) is 3.76. The van der Waals surface area contributed by atoms with Crippen molar-refractivity contribution in [2.24, 2.45) is 0 Å². The van der Waals surface area contributed by atoms with Crippen LogP contribution in [0.5, 0.6) is 11.5 Å². The molecule has 1 N–H and O–H groups in total. The number of aryl methyl sites for hydroxylation is 1. The van der Waals surface area contributed by atoms with Gasteiger partial charge in [-0.2, -0.15) is 0 Å². The molecule has 2 aromatic rings. The van der Waals surface area contributed by atoms with Crippen LogP contribution in [0.15, 0.2) is 48.5 Å². The number of benzene rings is 2. The maximum atomic E-state index is 11.5. The van der Waals surface area contributed by atoms with E-state index >= 15 is 0 Å². The van der Waals surface area contributed by atoms with Gasteiger partial charge in [0, 0.05) is 12.3 Å². The maximum Gasteiger partial charge on any atom is 0.250 e. The van der Waals surface area contributed by atoms with Crippen LogP contribution in [0.25, 0.3) is 0 Å². The molecule has 0 aliphatic heterocycles. The Balaban J connectivity index is 1.94. The lowest BCUT2D eigenvalue weighted by atomic mass is 10.2. The highest BCUT2D eigenvalue weighted by Crippen LogP contribution is 2.23. The Morgan fingerprint density at radius 3 is 2.52 bits per heavy atom. The van der Waals surface area contributed by atoms with E-state index in [1.807, 2.05) is 50.2 Å². The van der Waals surface area contributed by atoms with Crippen molar-refractivity contribution in [3.05, 3.63) is 54.1 Å². The van der Waals surface area contributed by atoms with Gasteiger partial charge in [-0.15, -0.1) is 0 Å². The molecule has 2 rings (SSSR count). The largest absolute Gasteiger partial charge is 0.457 e. The van der Waals surface area contributed by atoms with Crippen LogP contribution in [0.1, 0.15) is 12.5 Å². The van der Waals surface area contributed by atoms with Gasteiger partial charge in [-0.05, 0) is 55.8 Å². The Hall–Kier alpha value is -2.33. The van der Waals surface area contributed by atoms with Gasteiger partial charge in [0.25, 0.3) is 0 Å². The topological polar surface area (TPSA) is 47.6 Å². The Labute approximate surface area is 124 Å². The molecule has 4 nitrogen and oxygen atoms in total. The van der Waals surface area contributed by atoms with E-state index in [0.29, 0.717) is 6.61 Å². The number of rotatable bonds is 6. The molecule has 0 heterocycles. The van der Waals surface area contributed by atoms with Crippen molar-refractivity contribution in [2.75, 3.05) is 18.5 Å². The number of hydrogen-bond acceptors (Lipinski definition) is 3. The van der Waals surface area contributed by atoms with Crippen LogP contribution in [0.2, 0.25) is 0 Å². The van der Waals surface area contributed by atoms with E-state index in [9.17, 15) is 4.79 Å². The summed E-state index contributed by atoms with van der Waals surface area (Å²) >= 11 is 0. The molecule has 0 saturated carbocycles. The summed E-state index contributed by atoms with van der Waals surface area (Å²) in [5.74, 6) is 1.36. The number of nitrogens with one attached hydrogen (secondary N) is 1. The zero-order valence-electron chi connectivity index (χ0n) is 12.3. The molecule has 0 unspecified atom stereocenters. The van der Waals surface area contributed by atoms with E-state index in [0.717, 1.165) is 22.7 Å². The molecule has 4 heteroatoms. The molecular formula is C17H19NO3. The highest BCUT2D eigenvalue weighted by atomic mass is 16.5. The normalized spacial score (nSPS) is 10.2. The van der Waals surface area contributed by atoms with E-state index in [4.69, 9.17) is 9.47 Å². The summed E-state index contributed by atoms with van der Waals surface area (Å²) in [6.45, 7) is 4.46. The molecule has 0 aliphatic carbocycles. The number of ether oxygens (including phenoxy) is 2. The third-order valence-corrected chi connectivity index (χ3v) is 2.80. The molecule has 0 atom stereocenters. The second-order valence-corrected chi connectivity index (χ2v) is 4.63. The van der Waals surface area contributed by atoms with Gasteiger partial charge in [0.05, 0.1) is 0 Å². The molecule has 0 aliphatic rings. The van der Waals surface area contributed by atoms with Crippen molar-refractivity contribution < 1.29 is 14.3 Å². The summed E-state index contributed by atoms with van der Waals surface area (Å²) in [5, 5.41) is 2.76. The maximum absolute atomic E-state index is 11.5. The molecule has 0 radical (unpaired) electrons. The van der Waals surface area contributed by atoms with Crippen LogP contribution >= 0.6 is 0 Å². The van der Waals surface area contributed by atoms with Crippen molar-refractivity contribution in [1.82, 2.24) is 0 Å². The van der Waals surface area contributed by atoms with Crippen LogP contribution in [-0.4, -0.2) is 19.1 Å². The Morgan fingerprint density at radius 1 is 1.10 bits per heavy atom. The summed E-state index contributed by atoms with van der Waals surface area (Å²) in [4.78, 5) is 11.5. The molecule has 110 valence electrons. The minimum atomic E-state index is -0.163. The standard InChI is InChI=1S/C17H19NO3/c1-3-20-12-17(19)18-14-7-9-15(10-8-14)21-16-6-4-5-13(2)11-16/h4-11H,3,12H2,1-2H3,(H,18,19). The lowest BCUT2D eigenvalue weighted by molar-refractivity contribution is -0.120. The van der Waals surface area contributed by atoms with Gasteiger partial charge < -0.3 is 14.8 Å². The summed E-state index contributed by atoms with van der Waals surface area (Å²) in [5.41, 5.74) is 1.86. The van der Waals surface area contributed by atoms with Crippen LogP contribution in [0, 0.1) is 6.92 Å². The van der Waals surface area contributed by atoms with Gasteiger partial charge in [-0.25, -0.2) is 0 Å². The average Bonchev–Trinajstić information content (AvgIpc) is 2.47. The third kappa shape index (κ3) is 4.93. The van der Waals surface area contributed by atoms with Gasteiger partial charge in [-0.3, -0.25) is 4.79 Å². The fraction of sp³-hybridized carbons (Fsp3) is 0.235. The van der Waals surface area contributed by atoms with Crippen LogP contribution in [0.3, 0.4) is 0 Å². The van der Waals surface area contributed by atoms with Crippen molar-refractivity contribution in [1.29, 1.82) is 0 Å². The van der Waals surface area contributed by atoms with E-state index in [2.05, 4.69) is 5.32 Å². The summed E-state index contributed by atoms with van der Waals surface area (Å²) < 4.78 is 10.8. The molecule has 1 amide bonds. The van der Waals surface area contributed by atoms with Gasteiger partial charge in [0.2, 0.25) is 5.91 Å². The van der Waals surface area contributed by atoms with Gasteiger partial charge >= 0.3 is 0 Å². The Bertz CT molecular complexity index is 593. The van der Waals surface area contributed by atoms with Gasteiger partial charge in [-0.1, -0.05) is 12.1 Å². The molecule has 0 aromatic heterocycles. The second kappa shape index (κ2) is 7.45. The van der Waals surface area contributed by atoms with Crippen molar-refractivity contribution in [3.63, 3.8) is 0 Å². The van der Waals surface area contributed by atoms with Crippen LogP contribution in [-0.2, 0) is 9.53 Å². The zero-order chi connectivity index (χ0) is 15.1. The summed E-state index contributed by atoms with van der Waals surface area (Å²) in [6.07, 6.45) is 0. The molecule has 0 bridgehead atoms. The average molecular weight is 285 g/mol. The Kier molecular flexibility index (Phi) is 5.35. The molecule has 0 saturated heterocycles. The number of carbonyl (C=O) groups excluding carboxylic acids is 1. The molecule has 0 fully saturated rings. The first-order valence-corrected chi connectivity index (χ1v) is 6.89. The predicted molar refractivity (Wildman–Crippen MR) is 82.8 cm³/mol. The molecular weight excluding hydrogens is 266 g/mol. The SMILES string of the molecule is CCOCC(=O)Nc1ccc(Oc2cccc(C)c2)cc1. The molecule has 0 spiro atoms. The first kappa shape index (κ1) is 15.1. The van der Waals surface area contributed by atoms with Crippen LogP contribution in [0.4, 0.5) is 5.69 Å². The second-order valence-electron chi connectivity index (χ2n) is 4.63. The van der Waals surface area contributed by atoms with Crippen molar-refractivity contribution in [2.45, 2.75) is 13.8 Å².